The number of hydrogen-bond acceptors (Lipinski definition) is 5. The third-order valence-corrected chi connectivity index (χ3v) is 5.95. The summed E-state index contributed by atoms with van der Waals surface area (Å²) in [6.07, 6.45) is 4.28. The molecule has 7 heteroatoms. The van der Waals surface area contributed by atoms with Gasteiger partial charge in [-0.3, -0.25) is 0 Å². The van der Waals surface area contributed by atoms with Crippen LogP contribution in [0.4, 0.5) is 4.79 Å². The van der Waals surface area contributed by atoms with Crippen LogP contribution >= 0.6 is 12.2 Å². The molecule has 1 amide bonds. The van der Waals surface area contributed by atoms with Crippen LogP contribution in [0.1, 0.15) is 57.7 Å². The van der Waals surface area contributed by atoms with Gasteiger partial charge < -0.3 is 20.3 Å². The summed E-state index contributed by atoms with van der Waals surface area (Å²) < 4.78 is 5.57. The maximum absolute atomic E-state index is 12.6. The number of nitrogens with one attached hydrogen (secondary N) is 2. The Kier molecular flexibility index (Phi) is 6.50. The van der Waals surface area contributed by atoms with Crippen LogP contribution in [0, 0.1) is 5.41 Å². The number of piperidine rings is 1. The fourth-order valence-electron chi connectivity index (χ4n) is 4.49. The summed E-state index contributed by atoms with van der Waals surface area (Å²) in [5, 5.41) is 6.24. The lowest BCUT2D eigenvalue weighted by Crippen LogP contribution is -2.47. The van der Waals surface area contributed by atoms with Crippen LogP contribution in [0.15, 0.2) is 41.3 Å². The molecule has 2 N–H and O–H groups in total. The fourth-order valence-corrected chi connectivity index (χ4v) is 4.55. The smallest absolute Gasteiger partial charge is 0.408 e. The van der Waals surface area contributed by atoms with Crippen molar-refractivity contribution in [2.75, 3.05) is 13.1 Å². The predicted molar refractivity (Wildman–Crippen MR) is 125 cm³/mol. The molecule has 1 spiro atoms. The fraction of sp³-hybridized carbons (Fsp3) is 0.522. The molecule has 30 heavy (non-hydrogen) atoms. The highest BCUT2D eigenvalue weighted by Crippen LogP contribution is 2.52. The second kappa shape index (κ2) is 8.76. The van der Waals surface area contributed by atoms with E-state index in [4.69, 9.17) is 17.0 Å². The highest BCUT2D eigenvalue weighted by molar-refractivity contribution is 7.80. The molecule has 1 aliphatic heterocycles. The number of hydrogen-bond donors (Lipinski definition) is 2. The Morgan fingerprint density at radius 1 is 1.33 bits per heavy atom. The number of amides is 1. The van der Waals surface area contributed by atoms with Crippen molar-refractivity contribution in [2.24, 2.45) is 10.4 Å². The van der Waals surface area contributed by atoms with Gasteiger partial charge in [-0.05, 0) is 64.8 Å². The molecular formula is C23H32N4O2S. The maximum atomic E-state index is 12.6. The summed E-state index contributed by atoms with van der Waals surface area (Å²) in [5.74, 6) is 0.793. The van der Waals surface area contributed by atoms with Crippen LogP contribution in [0.25, 0.3) is 0 Å². The summed E-state index contributed by atoms with van der Waals surface area (Å²) in [6, 6.07) is 8.35. The number of carbonyl (C=O) groups excluding carboxylic acids is 1. The van der Waals surface area contributed by atoms with Gasteiger partial charge in [0.2, 0.25) is 0 Å². The number of carbonyl (C=O) groups is 1. The van der Waals surface area contributed by atoms with Crippen molar-refractivity contribution in [3.8, 4) is 0 Å². The van der Waals surface area contributed by atoms with E-state index in [0.717, 1.165) is 38.2 Å². The molecule has 1 heterocycles. The molecule has 162 valence electrons. The Labute approximate surface area is 184 Å². The van der Waals surface area contributed by atoms with Crippen molar-refractivity contribution in [3.63, 3.8) is 0 Å². The number of alkyl carbamates (subject to hydrolysis) is 1. The van der Waals surface area contributed by atoms with E-state index in [1.807, 2.05) is 40.0 Å². The number of aliphatic imine (C=N–C) groups is 1. The van der Waals surface area contributed by atoms with Crippen LogP contribution in [-0.4, -0.2) is 41.4 Å². The Morgan fingerprint density at radius 2 is 2.00 bits per heavy atom. The normalized spacial score (nSPS) is 20.5. The molecule has 0 radical (unpaired) electrons. The average molecular weight is 429 g/mol. The van der Waals surface area contributed by atoms with E-state index in [0.29, 0.717) is 4.99 Å². The van der Waals surface area contributed by atoms with Gasteiger partial charge in [0.25, 0.3) is 0 Å². The van der Waals surface area contributed by atoms with Crippen LogP contribution in [0.2, 0.25) is 0 Å². The van der Waals surface area contributed by atoms with Gasteiger partial charge in [-0.15, -0.1) is 0 Å². The monoisotopic (exact) mass is 428 g/mol. The highest BCUT2D eigenvalue weighted by Gasteiger charge is 2.48. The number of thiocarbonyl (C=S) groups is 1. The average Bonchev–Trinajstić information content (AvgIpc) is 2.95. The molecule has 0 aromatic heterocycles. The van der Waals surface area contributed by atoms with Gasteiger partial charge in [-0.2, -0.15) is 0 Å². The minimum atomic E-state index is -0.527. The van der Waals surface area contributed by atoms with Gasteiger partial charge in [-0.1, -0.05) is 36.5 Å². The van der Waals surface area contributed by atoms with Crippen molar-refractivity contribution in [2.45, 2.75) is 58.6 Å². The van der Waals surface area contributed by atoms with Crippen molar-refractivity contribution in [1.29, 1.82) is 0 Å². The molecule has 1 atom stereocenters. The molecule has 0 saturated carbocycles. The van der Waals surface area contributed by atoms with Gasteiger partial charge in [0.1, 0.15) is 11.4 Å². The zero-order chi connectivity index (χ0) is 21.9. The molecule has 2 aliphatic rings. The van der Waals surface area contributed by atoms with E-state index in [1.165, 1.54) is 11.1 Å². The van der Waals surface area contributed by atoms with Crippen LogP contribution in [-0.2, 0) is 11.2 Å². The molecule has 0 bridgehead atoms. The van der Waals surface area contributed by atoms with Gasteiger partial charge in [-0.25, -0.2) is 9.79 Å². The summed E-state index contributed by atoms with van der Waals surface area (Å²) in [7, 11) is 0. The third kappa shape index (κ3) is 5.01. The second-order valence-electron chi connectivity index (χ2n) is 9.17. The Balaban J connectivity index is 1.78. The summed E-state index contributed by atoms with van der Waals surface area (Å²) in [6.45, 7) is 12.9. The van der Waals surface area contributed by atoms with E-state index < -0.39 is 5.60 Å². The Hall–Kier alpha value is -2.41. The predicted octanol–water partition coefficient (Wildman–Crippen LogP) is 4.33. The first-order valence-electron chi connectivity index (χ1n) is 10.4. The Morgan fingerprint density at radius 3 is 2.60 bits per heavy atom. The zero-order valence-electron chi connectivity index (χ0n) is 18.3. The molecule has 1 fully saturated rings. The van der Waals surface area contributed by atoms with Gasteiger partial charge in [0.05, 0.1) is 11.0 Å². The van der Waals surface area contributed by atoms with E-state index in [-0.39, 0.29) is 17.6 Å². The second-order valence-corrected chi connectivity index (χ2v) is 9.78. The molecule has 1 aromatic carbocycles. The molecule has 3 rings (SSSR count). The zero-order valence-corrected chi connectivity index (χ0v) is 19.1. The van der Waals surface area contributed by atoms with E-state index in [2.05, 4.69) is 45.4 Å². The van der Waals surface area contributed by atoms with Crippen LogP contribution < -0.4 is 10.6 Å². The molecular weight excluding hydrogens is 396 g/mol. The van der Waals surface area contributed by atoms with E-state index >= 15 is 0 Å². The summed E-state index contributed by atoms with van der Waals surface area (Å²) in [5.41, 5.74) is 1.95. The lowest BCUT2D eigenvalue weighted by atomic mass is 9.72. The molecule has 1 saturated heterocycles. The van der Waals surface area contributed by atoms with E-state index in [9.17, 15) is 4.79 Å². The molecule has 6 nitrogen and oxygen atoms in total. The molecule has 1 aliphatic carbocycles. The largest absolute Gasteiger partial charge is 0.444 e. The highest BCUT2D eigenvalue weighted by atomic mass is 32.1. The van der Waals surface area contributed by atoms with E-state index in [1.54, 1.807) is 0 Å². The van der Waals surface area contributed by atoms with Crippen molar-refractivity contribution in [3.05, 3.63) is 47.4 Å². The maximum Gasteiger partial charge on any atom is 0.408 e. The first kappa shape index (κ1) is 22.3. The van der Waals surface area contributed by atoms with Crippen LogP contribution in [0.3, 0.4) is 0 Å². The standard InChI is InChI=1S/C23H32N4O2S/c1-16(30)25-15-19(24-5)27-12-10-23(11-13-27)14-17-8-6-7-9-18(17)20(23)26-21(28)29-22(2,3)4/h6-9,15,20H,5,10-14H2,1-4H3,(H,25,30)(H,26,28)/b19-15+/t20-/m1/s1. The quantitative estimate of drug-likeness (QED) is 0.552. The van der Waals surface area contributed by atoms with Crippen LogP contribution in [0.5, 0.6) is 0 Å². The minimum Gasteiger partial charge on any atom is -0.444 e. The minimum absolute atomic E-state index is 0.0309. The first-order valence-corrected chi connectivity index (χ1v) is 10.8. The lowest BCUT2D eigenvalue weighted by Gasteiger charge is -2.44. The van der Waals surface area contributed by atoms with Crippen molar-refractivity contribution < 1.29 is 9.53 Å². The number of benzene rings is 1. The van der Waals surface area contributed by atoms with Crippen molar-refractivity contribution in [1.82, 2.24) is 15.5 Å². The summed E-state index contributed by atoms with van der Waals surface area (Å²) >= 11 is 5.09. The van der Waals surface area contributed by atoms with Gasteiger partial charge in [0, 0.05) is 24.7 Å². The Bertz CT molecular complexity index is 851. The third-order valence-electron chi connectivity index (χ3n) is 5.83. The van der Waals surface area contributed by atoms with Crippen molar-refractivity contribution >= 4 is 30.0 Å². The number of fused-ring (bicyclic) bond motifs is 1. The number of nitrogens with zero attached hydrogens (tertiary/aromatic N) is 2. The molecule has 0 unspecified atom stereocenters. The SMILES string of the molecule is C=N/C(=C\NC(C)=S)N1CCC2(CC1)Cc1ccccc1[C@H]2NC(=O)OC(C)(C)C. The number of ether oxygens (including phenoxy) is 1. The topological polar surface area (TPSA) is 66.0 Å². The number of likely N-dealkylation sites (tertiary alicyclic amines) is 1. The molecule has 1 aromatic rings. The summed E-state index contributed by atoms with van der Waals surface area (Å²) in [4.78, 5) is 19.7. The first-order chi connectivity index (χ1) is 14.1. The van der Waals surface area contributed by atoms with Gasteiger partial charge >= 0.3 is 6.09 Å². The number of rotatable bonds is 4. The van der Waals surface area contributed by atoms with Gasteiger partial charge in [0.15, 0.2) is 0 Å². The lowest BCUT2D eigenvalue weighted by molar-refractivity contribution is 0.0375.